The van der Waals surface area contributed by atoms with E-state index in [2.05, 4.69) is 47.9 Å². The molecule has 6 atom stereocenters. The van der Waals surface area contributed by atoms with Gasteiger partial charge in [0.15, 0.2) is 0 Å². The van der Waals surface area contributed by atoms with Gasteiger partial charge in [0.05, 0.1) is 19.1 Å². The molecule has 29 heteroatoms. The summed E-state index contributed by atoms with van der Waals surface area (Å²) in [6, 6.07) is 2.33. The van der Waals surface area contributed by atoms with Crippen LogP contribution in [0.25, 0.3) is 0 Å². The highest BCUT2D eigenvalue weighted by atomic mass is 16.4. The second kappa shape index (κ2) is 30.7. The topological polar surface area (TPSA) is 469 Å². The summed E-state index contributed by atoms with van der Waals surface area (Å²) in [7, 11) is 0. The Balaban J connectivity index is 2.23. The fourth-order valence-electron chi connectivity index (χ4n) is 6.10. The van der Waals surface area contributed by atoms with Crippen molar-refractivity contribution in [2.24, 2.45) is 5.73 Å². The number of benzene rings is 2. The highest BCUT2D eigenvalue weighted by Crippen LogP contribution is 2.13. The number of nitrogens with one attached hydrogen (secondary N) is 10. The molecule has 2 rings (SSSR count). The van der Waals surface area contributed by atoms with Gasteiger partial charge in [0.25, 0.3) is 0 Å². The normalized spacial score (nSPS) is 13.0. The predicted octanol–water partition coefficient (Wildman–Crippen LogP) is -5.93. The number of carbonyl (C=O) groups excluding carboxylic acids is 10. The van der Waals surface area contributed by atoms with Crippen molar-refractivity contribution in [2.75, 3.05) is 32.7 Å². The molecular weight excluding hydrogens is 971 g/mol. The Morgan fingerprint density at radius 2 is 0.767 bits per heavy atom. The third kappa shape index (κ3) is 24.5. The largest absolute Gasteiger partial charge is 0.508 e. The standard InChI is InChI=1S/C44H59N11O18/c1-22(39(68)49-17-34(60)48-21-38(66)67)52-43(72)30(12-14-33(59)47-20-37(64)65)55-44(73)31(16-25-5-9-27(57)10-6-25)53-35(61)18-50-40(69)23(2)51-42(71)29(11-13-32(58)46-19-36(62)63)54-41(70)28(45)15-24-3-7-26(56)8-4-24/h3-10,22-23,28-31,56-57H,11-21,45H2,1-2H3,(H,46,58)(H,47,59)(H,48,60)(H,49,68)(H,50,69)(H,51,71)(H,52,72)(H,53,61)(H,54,70)(H,55,73)(H,62,63)(H,64,65)(H,66,67). The van der Waals surface area contributed by atoms with E-state index in [4.69, 9.17) is 21.1 Å². The summed E-state index contributed by atoms with van der Waals surface area (Å²) >= 11 is 0. The number of phenols is 2. The van der Waals surface area contributed by atoms with Crippen molar-refractivity contribution in [3.05, 3.63) is 59.7 Å². The fourth-order valence-corrected chi connectivity index (χ4v) is 6.10. The minimum Gasteiger partial charge on any atom is -0.508 e. The van der Waals surface area contributed by atoms with Gasteiger partial charge in [-0.3, -0.25) is 62.3 Å². The summed E-state index contributed by atoms with van der Waals surface area (Å²) in [4.78, 5) is 162. The van der Waals surface area contributed by atoms with Crippen LogP contribution in [0.3, 0.4) is 0 Å². The third-order valence-corrected chi connectivity index (χ3v) is 10.0. The van der Waals surface area contributed by atoms with Gasteiger partial charge in [-0.25, -0.2) is 0 Å². The minimum atomic E-state index is -1.65. The zero-order valence-electron chi connectivity index (χ0n) is 39.5. The Morgan fingerprint density at radius 1 is 0.411 bits per heavy atom. The second-order valence-electron chi connectivity index (χ2n) is 16.1. The monoisotopic (exact) mass is 1030 g/mol. The molecule has 0 heterocycles. The summed E-state index contributed by atoms with van der Waals surface area (Å²) in [6.07, 6.45) is -2.23. The Labute approximate surface area is 415 Å². The summed E-state index contributed by atoms with van der Waals surface area (Å²) < 4.78 is 0. The molecule has 29 nitrogen and oxygen atoms in total. The van der Waals surface area contributed by atoms with Crippen molar-refractivity contribution in [2.45, 2.75) is 88.6 Å². The van der Waals surface area contributed by atoms with E-state index in [9.17, 15) is 72.5 Å². The Bertz CT molecular complexity index is 2330. The van der Waals surface area contributed by atoms with Crippen LogP contribution < -0.4 is 58.9 Å². The molecule has 2 aromatic carbocycles. The first kappa shape index (κ1) is 60.2. The van der Waals surface area contributed by atoms with Crippen LogP contribution in [0.2, 0.25) is 0 Å². The maximum absolute atomic E-state index is 13.9. The van der Waals surface area contributed by atoms with Gasteiger partial charge in [0, 0.05) is 19.3 Å². The number of hydrogen-bond donors (Lipinski definition) is 16. The predicted molar refractivity (Wildman–Crippen MR) is 249 cm³/mol. The maximum Gasteiger partial charge on any atom is 0.322 e. The van der Waals surface area contributed by atoms with Gasteiger partial charge in [-0.1, -0.05) is 24.3 Å². The van der Waals surface area contributed by atoms with E-state index in [-0.39, 0.29) is 30.8 Å². The third-order valence-electron chi connectivity index (χ3n) is 10.0. The molecule has 0 aliphatic heterocycles. The fraction of sp³-hybridized carbons (Fsp3) is 0.432. The van der Waals surface area contributed by atoms with Crippen LogP contribution in [0, 0.1) is 0 Å². The lowest BCUT2D eigenvalue weighted by Crippen LogP contribution is -2.58. The van der Waals surface area contributed by atoms with Crippen LogP contribution in [0.1, 0.15) is 50.7 Å². The van der Waals surface area contributed by atoms with Crippen LogP contribution in [-0.4, -0.2) is 171 Å². The van der Waals surface area contributed by atoms with Crippen LogP contribution >= 0.6 is 0 Å². The van der Waals surface area contributed by atoms with Crippen LogP contribution in [-0.2, 0) is 75.2 Å². The van der Waals surface area contributed by atoms with Gasteiger partial charge in [0.1, 0.15) is 61.3 Å². The molecule has 0 saturated carbocycles. The second-order valence-corrected chi connectivity index (χ2v) is 16.1. The van der Waals surface area contributed by atoms with Crippen molar-refractivity contribution in [3.8, 4) is 11.5 Å². The van der Waals surface area contributed by atoms with Gasteiger partial charge in [-0.05, 0) is 68.5 Å². The number of carboxylic acids is 3. The molecule has 0 aromatic heterocycles. The van der Waals surface area contributed by atoms with E-state index in [1.807, 2.05) is 5.32 Å². The Kier molecular flexibility index (Phi) is 25.3. The molecular formula is C44H59N11O18. The van der Waals surface area contributed by atoms with Gasteiger partial charge in [-0.2, -0.15) is 0 Å². The molecule has 10 amide bonds. The SMILES string of the molecule is CC(NC(=O)C(CCC(=O)NCC(=O)O)NC(=O)C(N)Cc1ccc(O)cc1)C(=O)NCC(=O)NC(Cc1ccc(O)cc1)C(=O)NC(CCC(=O)NCC(=O)O)C(=O)NC(C)C(=O)NCC(=O)NCC(=O)O. The minimum absolute atomic E-state index is 0.0355. The highest BCUT2D eigenvalue weighted by Gasteiger charge is 2.31. The van der Waals surface area contributed by atoms with Crippen molar-refractivity contribution in [1.82, 2.24) is 53.2 Å². The molecule has 0 saturated heterocycles. The maximum atomic E-state index is 13.9. The van der Waals surface area contributed by atoms with Crippen LogP contribution in [0.4, 0.5) is 0 Å². The number of hydrogen-bond acceptors (Lipinski definition) is 16. The smallest absolute Gasteiger partial charge is 0.322 e. The quantitative estimate of drug-likeness (QED) is 0.0334. The molecule has 2 aromatic rings. The first-order valence-corrected chi connectivity index (χ1v) is 22.2. The lowest BCUT2D eigenvalue weighted by atomic mass is 10.0. The first-order chi connectivity index (χ1) is 34.3. The highest BCUT2D eigenvalue weighted by molar-refractivity contribution is 5.97. The zero-order chi connectivity index (χ0) is 54.8. The van der Waals surface area contributed by atoms with E-state index in [0.717, 1.165) is 0 Å². The molecule has 0 radical (unpaired) electrons. The average molecular weight is 1030 g/mol. The molecule has 0 spiro atoms. The summed E-state index contributed by atoms with van der Waals surface area (Å²) in [6.45, 7) is -1.35. The number of nitrogens with two attached hydrogens (primary N) is 1. The first-order valence-electron chi connectivity index (χ1n) is 22.2. The number of carbonyl (C=O) groups is 13. The molecule has 17 N–H and O–H groups in total. The summed E-state index contributed by atoms with van der Waals surface area (Å²) in [5.74, 6) is -13.6. The number of amides is 10. The van der Waals surface area contributed by atoms with E-state index in [0.29, 0.717) is 11.1 Å². The van der Waals surface area contributed by atoms with Gasteiger partial charge < -0.3 is 84.4 Å². The molecule has 0 aliphatic rings. The van der Waals surface area contributed by atoms with E-state index in [1.165, 1.54) is 62.4 Å². The van der Waals surface area contributed by atoms with E-state index < -0.39 is 165 Å². The van der Waals surface area contributed by atoms with E-state index >= 15 is 0 Å². The molecule has 73 heavy (non-hydrogen) atoms. The van der Waals surface area contributed by atoms with Crippen molar-refractivity contribution >= 4 is 77.0 Å². The summed E-state index contributed by atoms with van der Waals surface area (Å²) in [5, 5.41) is 68.4. The summed E-state index contributed by atoms with van der Waals surface area (Å²) in [5.41, 5.74) is 6.96. The Morgan fingerprint density at radius 3 is 1.18 bits per heavy atom. The van der Waals surface area contributed by atoms with Gasteiger partial charge in [0.2, 0.25) is 59.1 Å². The molecule has 398 valence electrons. The van der Waals surface area contributed by atoms with Crippen LogP contribution in [0.5, 0.6) is 11.5 Å². The average Bonchev–Trinajstić information content (AvgIpc) is 3.33. The number of phenolic OH excluding ortho intramolecular Hbond substituents is 2. The number of carboxylic acid groups (broad SMARTS) is 3. The van der Waals surface area contributed by atoms with Crippen molar-refractivity contribution < 1.29 is 87.9 Å². The molecule has 0 aliphatic carbocycles. The lowest BCUT2D eigenvalue weighted by Gasteiger charge is -2.25. The van der Waals surface area contributed by atoms with Crippen LogP contribution in [0.15, 0.2) is 48.5 Å². The van der Waals surface area contributed by atoms with Gasteiger partial charge in [-0.15, -0.1) is 0 Å². The zero-order valence-corrected chi connectivity index (χ0v) is 39.5. The number of aromatic hydroxyl groups is 2. The molecule has 6 unspecified atom stereocenters. The number of rotatable bonds is 31. The lowest BCUT2D eigenvalue weighted by molar-refractivity contribution is -0.138. The number of aliphatic carboxylic acids is 3. The van der Waals surface area contributed by atoms with Gasteiger partial charge >= 0.3 is 17.9 Å². The van der Waals surface area contributed by atoms with Crippen molar-refractivity contribution in [1.29, 1.82) is 0 Å². The Hall–Kier alpha value is -8.89. The van der Waals surface area contributed by atoms with E-state index in [1.54, 1.807) is 0 Å². The molecule has 0 bridgehead atoms. The van der Waals surface area contributed by atoms with Crippen molar-refractivity contribution in [3.63, 3.8) is 0 Å². The molecule has 0 fully saturated rings.